The van der Waals surface area contributed by atoms with Crippen molar-refractivity contribution < 1.29 is 13.9 Å². The maximum atomic E-state index is 14.3. The van der Waals surface area contributed by atoms with Crippen LogP contribution >= 0.6 is 0 Å². The van der Waals surface area contributed by atoms with E-state index in [1.54, 1.807) is 28.7 Å². The highest BCUT2D eigenvalue weighted by Crippen LogP contribution is 2.30. The molecule has 40 heavy (non-hydrogen) atoms. The third-order valence-electron chi connectivity index (χ3n) is 6.72. The number of hydrogen-bond acceptors (Lipinski definition) is 4. The molecule has 2 amide bonds. The standard InChI is InChI=1S/C31H33FN6O2/c1-20-7-11-24(12-8-20)38-29(17-28(35-38)31(2,3)4)34-30(39)36(5)19-22-15-23(32)10-14-27(22)40-25-13-9-21-18-33-37(6)26(21)16-25/h7-18H,19H2,1-6H3,(H,34,39). The molecule has 1 N–H and O–H groups in total. The van der Waals surface area contributed by atoms with Gasteiger partial charge in [0.15, 0.2) is 0 Å². The van der Waals surface area contributed by atoms with Crippen molar-refractivity contribution in [2.45, 2.75) is 39.7 Å². The molecule has 0 aliphatic rings. The number of carbonyl (C=O) groups excluding carboxylic acids is 1. The minimum atomic E-state index is -0.412. The van der Waals surface area contributed by atoms with Gasteiger partial charge in [-0.3, -0.25) is 10.00 Å². The van der Waals surface area contributed by atoms with E-state index in [0.717, 1.165) is 27.8 Å². The number of urea groups is 1. The van der Waals surface area contributed by atoms with Gasteiger partial charge in [-0.2, -0.15) is 10.2 Å². The first-order valence-electron chi connectivity index (χ1n) is 13.1. The van der Waals surface area contributed by atoms with Crippen molar-refractivity contribution in [2.24, 2.45) is 7.05 Å². The number of rotatable bonds is 6. The van der Waals surface area contributed by atoms with Gasteiger partial charge in [0.05, 0.1) is 29.6 Å². The summed E-state index contributed by atoms with van der Waals surface area (Å²) in [5.74, 6) is 1.19. The van der Waals surface area contributed by atoms with Crippen LogP contribution in [0, 0.1) is 12.7 Å². The van der Waals surface area contributed by atoms with Crippen LogP contribution in [0.2, 0.25) is 0 Å². The van der Waals surface area contributed by atoms with E-state index in [9.17, 15) is 9.18 Å². The number of halogens is 1. The lowest BCUT2D eigenvalue weighted by atomic mass is 9.92. The number of amides is 2. The first-order chi connectivity index (χ1) is 19.0. The van der Waals surface area contributed by atoms with E-state index in [2.05, 4.69) is 31.2 Å². The van der Waals surface area contributed by atoms with Gasteiger partial charge in [0, 0.05) is 42.6 Å². The molecule has 0 spiro atoms. The van der Waals surface area contributed by atoms with Crippen LogP contribution in [0.5, 0.6) is 11.5 Å². The molecule has 0 radical (unpaired) electrons. The second kappa shape index (κ2) is 10.5. The number of nitrogens with zero attached hydrogens (tertiary/aromatic N) is 5. The Bertz CT molecular complexity index is 1680. The van der Waals surface area contributed by atoms with Crippen molar-refractivity contribution in [3.8, 4) is 17.2 Å². The van der Waals surface area contributed by atoms with Gasteiger partial charge >= 0.3 is 6.03 Å². The third kappa shape index (κ3) is 5.68. The number of aromatic nitrogens is 4. The van der Waals surface area contributed by atoms with Crippen molar-refractivity contribution >= 4 is 22.8 Å². The first-order valence-corrected chi connectivity index (χ1v) is 13.1. The summed E-state index contributed by atoms with van der Waals surface area (Å²) in [4.78, 5) is 14.8. The van der Waals surface area contributed by atoms with E-state index in [1.165, 1.54) is 17.0 Å². The van der Waals surface area contributed by atoms with Crippen molar-refractivity contribution in [1.82, 2.24) is 24.5 Å². The number of hydrogen-bond donors (Lipinski definition) is 1. The first kappa shape index (κ1) is 26.9. The smallest absolute Gasteiger partial charge is 0.323 e. The summed E-state index contributed by atoms with van der Waals surface area (Å²) in [5.41, 5.74) is 4.05. The molecule has 0 aliphatic carbocycles. The molecule has 3 aromatic carbocycles. The molecule has 9 heteroatoms. The Balaban J connectivity index is 1.38. The monoisotopic (exact) mass is 540 g/mol. The highest BCUT2D eigenvalue weighted by Gasteiger charge is 2.23. The van der Waals surface area contributed by atoms with Crippen molar-refractivity contribution in [3.05, 3.63) is 95.6 Å². The minimum Gasteiger partial charge on any atom is -0.457 e. The van der Waals surface area contributed by atoms with Gasteiger partial charge in [-0.05, 0) is 49.4 Å². The molecule has 5 rings (SSSR count). The van der Waals surface area contributed by atoms with Crippen LogP contribution in [0.4, 0.5) is 15.0 Å². The zero-order valence-electron chi connectivity index (χ0n) is 23.6. The Morgan fingerprint density at radius 1 is 1.05 bits per heavy atom. The van der Waals surface area contributed by atoms with Crippen LogP contribution in [0.1, 0.15) is 37.6 Å². The summed E-state index contributed by atoms with van der Waals surface area (Å²) in [5, 5.41) is 13.0. The van der Waals surface area contributed by atoms with Crippen LogP contribution in [-0.4, -0.2) is 37.5 Å². The van der Waals surface area contributed by atoms with Crippen molar-refractivity contribution in [3.63, 3.8) is 0 Å². The average molecular weight is 541 g/mol. The summed E-state index contributed by atoms with van der Waals surface area (Å²) in [7, 11) is 3.52. The van der Waals surface area contributed by atoms with E-state index in [4.69, 9.17) is 9.84 Å². The van der Waals surface area contributed by atoms with Gasteiger partial charge < -0.3 is 9.64 Å². The molecule has 5 aromatic rings. The SMILES string of the molecule is Cc1ccc(-n2nc(C(C)(C)C)cc2NC(=O)N(C)Cc2cc(F)ccc2Oc2ccc3cnn(C)c3c2)cc1. The van der Waals surface area contributed by atoms with Crippen LogP contribution in [0.3, 0.4) is 0 Å². The topological polar surface area (TPSA) is 77.2 Å². The highest BCUT2D eigenvalue weighted by atomic mass is 19.1. The molecule has 2 heterocycles. The normalized spacial score (nSPS) is 11.6. The van der Waals surface area contributed by atoms with Crippen molar-refractivity contribution in [1.29, 1.82) is 0 Å². The number of ether oxygens (including phenoxy) is 1. The molecule has 0 fully saturated rings. The second-order valence-corrected chi connectivity index (χ2v) is 11.0. The molecule has 0 aliphatic heterocycles. The Morgan fingerprint density at radius 3 is 2.52 bits per heavy atom. The summed E-state index contributed by atoms with van der Waals surface area (Å²) in [6.45, 7) is 8.36. The summed E-state index contributed by atoms with van der Waals surface area (Å²) in [6.07, 6.45) is 1.78. The lowest BCUT2D eigenvalue weighted by Gasteiger charge is -2.20. The number of aryl methyl sites for hydroxylation is 2. The summed E-state index contributed by atoms with van der Waals surface area (Å²) in [6, 6.07) is 19.4. The van der Waals surface area contributed by atoms with Gasteiger partial charge in [0.25, 0.3) is 0 Å². The molecular formula is C31H33FN6O2. The number of carbonyl (C=O) groups is 1. The average Bonchev–Trinajstić information content (AvgIpc) is 3.50. The Labute approximate surface area is 233 Å². The molecule has 0 atom stereocenters. The predicted octanol–water partition coefficient (Wildman–Crippen LogP) is 6.96. The molecule has 0 saturated carbocycles. The Hall–Kier alpha value is -4.66. The van der Waals surface area contributed by atoms with Crippen LogP contribution < -0.4 is 10.1 Å². The molecule has 0 unspecified atom stereocenters. The van der Waals surface area contributed by atoms with E-state index in [-0.39, 0.29) is 18.0 Å². The number of nitrogens with one attached hydrogen (secondary N) is 1. The fourth-order valence-corrected chi connectivity index (χ4v) is 4.34. The van der Waals surface area contributed by atoms with Crippen molar-refractivity contribution in [2.75, 3.05) is 12.4 Å². The largest absolute Gasteiger partial charge is 0.457 e. The number of fused-ring (bicyclic) bond motifs is 1. The maximum Gasteiger partial charge on any atom is 0.323 e. The molecular weight excluding hydrogens is 507 g/mol. The van der Waals surface area contributed by atoms with Gasteiger partial charge in [0.1, 0.15) is 23.1 Å². The lowest BCUT2D eigenvalue weighted by molar-refractivity contribution is 0.220. The predicted molar refractivity (Wildman–Crippen MR) is 155 cm³/mol. The lowest BCUT2D eigenvalue weighted by Crippen LogP contribution is -2.31. The zero-order valence-corrected chi connectivity index (χ0v) is 23.6. The zero-order chi connectivity index (χ0) is 28.6. The Morgan fingerprint density at radius 2 is 1.80 bits per heavy atom. The molecule has 0 bridgehead atoms. The van der Waals surface area contributed by atoms with E-state index < -0.39 is 5.82 Å². The highest BCUT2D eigenvalue weighted by molar-refractivity contribution is 5.88. The Kier molecular flexibility index (Phi) is 7.06. The molecule has 206 valence electrons. The quantitative estimate of drug-likeness (QED) is 0.253. The van der Waals surface area contributed by atoms with Crippen LogP contribution in [0.25, 0.3) is 16.6 Å². The minimum absolute atomic E-state index is 0.123. The second-order valence-electron chi connectivity index (χ2n) is 11.0. The number of benzene rings is 3. The van der Waals surface area contributed by atoms with Gasteiger partial charge in [-0.25, -0.2) is 13.9 Å². The van der Waals surface area contributed by atoms with Crippen LogP contribution in [0.15, 0.2) is 72.9 Å². The van der Waals surface area contributed by atoms with E-state index in [1.807, 2.05) is 62.5 Å². The number of anilines is 1. The van der Waals surface area contributed by atoms with Gasteiger partial charge in [-0.1, -0.05) is 38.5 Å². The van der Waals surface area contributed by atoms with E-state index in [0.29, 0.717) is 22.9 Å². The fourth-order valence-electron chi connectivity index (χ4n) is 4.34. The summed E-state index contributed by atoms with van der Waals surface area (Å²) < 4.78 is 23.9. The van der Waals surface area contributed by atoms with Gasteiger partial charge in [0.2, 0.25) is 0 Å². The molecule has 2 aromatic heterocycles. The van der Waals surface area contributed by atoms with E-state index >= 15 is 0 Å². The third-order valence-corrected chi connectivity index (χ3v) is 6.72. The molecule has 0 saturated heterocycles. The molecule has 8 nitrogen and oxygen atoms in total. The fraction of sp³-hybridized carbons (Fsp3) is 0.258. The van der Waals surface area contributed by atoms with Gasteiger partial charge in [-0.15, -0.1) is 0 Å². The maximum absolute atomic E-state index is 14.3. The van der Waals surface area contributed by atoms with Crippen LogP contribution in [-0.2, 0) is 19.0 Å². The summed E-state index contributed by atoms with van der Waals surface area (Å²) >= 11 is 0.